The number of aryl methyl sites for hydroxylation is 1. The summed E-state index contributed by atoms with van der Waals surface area (Å²) in [5, 5.41) is 3.15. The Morgan fingerprint density at radius 3 is 2.21 bits per heavy atom. The van der Waals surface area contributed by atoms with Crippen LogP contribution >= 0.6 is 0 Å². The number of amides is 1. The van der Waals surface area contributed by atoms with Crippen molar-refractivity contribution in [3.05, 3.63) is 93.3 Å². The SMILES string of the molecule is COCCOC(=O)c1c(C)[nH]c(C(=O)NCC2CC3c4ccccc4C2c2ccccc23)c1C. The molecule has 3 aliphatic rings. The van der Waals surface area contributed by atoms with Gasteiger partial charge in [-0.2, -0.15) is 0 Å². The number of aromatic amines is 1. The molecule has 6 heteroatoms. The zero-order valence-corrected chi connectivity index (χ0v) is 19.8. The van der Waals surface area contributed by atoms with Gasteiger partial charge in [0.2, 0.25) is 0 Å². The van der Waals surface area contributed by atoms with E-state index in [-0.39, 0.29) is 18.4 Å². The lowest BCUT2D eigenvalue weighted by atomic mass is 9.59. The van der Waals surface area contributed by atoms with Crippen LogP contribution in [0.2, 0.25) is 0 Å². The largest absolute Gasteiger partial charge is 0.460 e. The average molecular weight is 459 g/mol. The lowest BCUT2D eigenvalue weighted by Gasteiger charge is -2.45. The van der Waals surface area contributed by atoms with Crippen LogP contribution in [-0.2, 0) is 9.47 Å². The zero-order chi connectivity index (χ0) is 23.8. The van der Waals surface area contributed by atoms with E-state index in [2.05, 4.69) is 58.8 Å². The summed E-state index contributed by atoms with van der Waals surface area (Å²) in [6.07, 6.45) is 1.01. The van der Waals surface area contributed by atoms with Crippen molar-refractivity contribution in [1.29, 1.82) is 0 Å². The molecule has 0 radical (unpaired) electrons. The van der Waals surface area contributed by atoms with Crippen molar-refractivity contribution >= 4 is 11.9 Å². The topological polar surface area (TPSA) is 80.4 Å². The predicted octanol–water partition coefficient (Wildman–Crippen LogP) is 4.46. The van der Waals surface area contributed by atoms with E-state index in [4.69, 9.17) is 9.47 Å². The molecule has 2 bridgehead atoms. The molecule has 34 heavy (non-hydrogen) atoms. The smallest absolute Gasteiger partial charge is 0.340 e. The highest BCUT2D eigenvalue weighted by molar-refractivity contribution is 6.00. The maximum atomic E-state index is 13.1. The van der Waals surface area contributed by atoms with Crippen molar-refractivity contribution in [1.82, 2.24) is 10.3 Å². The maximum absolute atomic E-state index is 13.1. The number of rotatable bonds is 7. The number of hydrogen-bond donors (Lipinski definition) is 2. The van der Waals surface area contributed by atoms with Gasteiger partial charge in [0, 0.05) is 31.2 Å². The Bertz CT molecular complexity index is 1200. The molecule has 1 amide bonds. The van der Waals surface area contributed by atoms with Crippen LogP contribution in [0.4, 0.5) is 0 Å². The van der Waals surface area contributed by atoms with Crippen LogP contribution < -0.4 is 5.32 Å². The molecule has 0 saturated heterocycles. The van der Waals surface area contributed by atoms with Crippen molar-refractivity contribution in [2.75, 3.05) is 26.9 Å². The first-order valence-corrected chi connectivity index (χ1v) is 11.8. The van der Waals surface area contributed by atoms with Crippen molar-refractivity contribution in [3.63, 3.8) is 0 Å². The van der Waals surface area contributed by atoms with Crippen LogP contribution in [0.5, 0.6) is 0 Å². The fraction of sp³-hybridized carbons (Fsp3) is 0.357. The first-order chi connectivity index (χ1) is 16.5. The Morgan fingerprint density at radius 1 is 0.971 bits per heavy atom. The summed E-state index contributed by atoms with van der Waals surface area (Å²) in [7, 11) is 1.55. The van der Waals surface area contributed by atoms with E-state index < -0.39 is 5.97 Å². The van der Waals surface area contributed by atoms with E-state index in [1.54, 1.807) is 21.0 Å². The highest BCUT2D eigenvalue weighted by Crippen LogP contribution is 2.55. The van der Waals surface area contributed by atoms with Gasteiger partial charge in [-0.1, -0.05) is 48.5 Å². The first-order valence-electron chi connectivity index (χ1n) is 11.8. The number of benzene rings is 2. The molecule has 0 aliphatic heterocycles. The summed E-state index contributed by atoms with van der Waals surface area (Å²) in [5.74, 6) is 0.311. The molecular weight excluding hydrogens is 428 g/mol. The molecular formula is C28H30N2O4. The van der Waals surface area contributed by atoms with Gasteiger partial charge < -0.3 is 19.8 Å². The Hall–Kier alpha value is -3.38. The van der Waals surface area contributed by atoms with Crippen LogP contribution in [-0.4, -0.2) is 43.7 Å². The summed E-state index contributed by atoms with van der Waals surface area (Å²) >= 11 is 0. The third kappa shape index (κ3) is 3.72. The van der Waals surface area contributed by atoms with Gasteiger partial charge in [0.05, 0.1) is 12.2 Å². The second-order valence-corrected chi connectivity index (χ2v) is 9.25. The summed E-state index contributed by atoms with van der Waals surface area (Å²) < 4.78 is 10.2. The van der Waals surface area contributed by atoms with E-state index in [1.807, 2.05) is 0 Å². The number of methoxy groups -OCH3 is 1. The number of carbonyl (C=O) groups excluding carboxylic acids is 2. The number of ether oxygens (including phenoxy) is 2. The van der Waals surface area contributed by atoms with E-state index >= 15 is 0 Å². The molecule has 1 atom stereocenters. The molecule has 0 fully saturated rings. The number of carbonyl (C=O) groups is 2. The third-order valence-electron chi connectivity index (χ3n) is 7.34. The number of esters is 1. The molecule has 2 N–H and O–H groups in total. The predicted molar refractivity (Wildman–Crippen MR) is 129 cm³/mol. The Balaban J connectivity index is 1.33. The second kappa shape index (κ2) is 9.11. The van der Waals surface area contributed by atoms with Crippen LogP contribution in [0, 0.1) is 19.8 Å². The normalized spacial score (nSPS) is 19.9. The van der Waals surface area contributed by atoms with Gasteiger partial charge in [-0.15, -0.1) is 0 Å². The van der Waals surface area contributed by atoms with Gasteiger partial charge >= 0.3 is 5.97 Å². The number of aromatic nitrogens is 1. The Kier molecular flexibility index (Phi) is 6.00. The fourth-order valence-electron chi connectivity index (χ4n) is 5.85. The molecule has 3 aliphatic carbocycles. The van der Waals surface area contributed by atoms with Crippen molar-refractivity contribution in [2.24, 2.45) is 5.92 Å². The quantitative estimate of drug-likeness (QED) is 0.405. The minimum atomic E-state index is -0.444. The van der Waals surface area contributed by atoms with Crippen LogP contribution in [0.25, 0.3) is 0 Å². The van der Waals surface area contributed by atoms with Gasteiger partial charge in [0.1, 0.15) is 12.3 Å². The molecule has 2 aromatic carbocycles. The van der Waals surface area contributed by atoms with Gasteiger partial charge in [0.25, 0.3) is 5.91 Å². The standard InChI is InChI=1S/C28H30N2O4/c1-16-24(28(32)34-13-12-33-3)17(2)30-26(16)27(31)29-15-18-14-23-19-8-4-6-10-21(19)25(18)22-11-7-5-9-20(22)23/h4-11,18,23,25,30H,12-15H2,1-3H3,(H,29,31). The van der Waals surface area contributed by atoms with Crippen LogP contribution in [0.3, 0.4) is 0 Å². The number of hydrogen-bond acceptors (Lipinski definition) is 4. The van der Waals surface area contributed by atoms with Crippen molar-refractivity contribution < 1.29 is 19.1 Å². The summed E-state index contributed by atoms with van der Waals surface area (Å²) in [5.41, 5.74) is 7.67. The van der Waals surface area contributed by atoms with Crippen LogP contribution in [0.1, 0.15) is 72.6 Å². The molecule has 176 valence electrons. The summed E-state index contributed by atoms with van der Waals surface area (Å²) in [4.78, 5) is 28.7. The Labute approximate surface area is 199 Å². The number of fused-ring (bicyclic) bond motifs is 1. The van der Waals surface area contributed by atoms with E-state index in [0.717, 1.165) is 6.42 Å². The zero-order valence-electron chi connectivity index (χ0n) is 19.8. The second-order valence-electron chi connectivity index (χ2n) is 9.25. The first kappa shape index (κ1) is 22.4. The fourth-order valence-corrected chi connectivity index (χ4v) is 5.85. The number of H-pyrrole nitrogens is 1. The summed E-state index contributed by atoms with van der Waals surface area (Å²) in [6.45, 7) is 4.64. The summed E-state index contributed by atoms with van der Waals surface area (Å²) in [6, 6.07) is 17.4. The monoisotopic (exact) mass is 458 g/mol. The molecule has 1 heterocycles. The molecule has 3 aromatic rings. The molecule has 6 nitrogen and oxygen atoms in total. The Morgan fingerprint density at radius 2 is 1.59 bits per heavy atom. The maximum Gasteiger partial charge on any atom is 0.340 e. The molecule has 1 aromatic heterocycles. The van der Waals surface area contributed by atoms with Crippen molar-refractivity contribution in [3.8, 4) is 0 Å². The van der Waals surface area contributed by atoms with E-state index in [0.29, 0.717) is 47.5 Å². The average Bonchev–Trinajstić information content (AvgIpc) is 3.16. The molecule has 0 saturated carbocycles. The lowest BCUT2D eigenvalue weighted by molar-refractivity contribution is 0.0387. The molecule has 1 unspecified atom stereocenters. The van der Waals surface area contributed by atoms with Gasteiger partial charge in [0.15, 0.2) is 0 Å². The number of nitrogens with one attached hydrogen (secondary N) is 2. The highest BCUT2D eigenvalue weighted by Gasteiger charge is 2.43. The molecule has 6 rings (SSSR count). The minimum absolute atomic E-state index is 0.175. The van der Waals surface area contributed by atoms with Crippen LogP contribution in [0.15, 0.2) is 48.5 Å². The third-order valence-corrected chi connectivity index (χ3v) is 7.34. The lowest BCUT2D eigenvalue weighted by Crippen LogP contribution is -2.39. The van der Waals surface area contributed by atoms with Gasteiger partial charge in [-0.05, 0) is 54.0 Å². The van der Waals surface area contributed by atoms with E-state index in [9.17, 15) is 9.59 Å². The minimum Gasteiger partial charge on any atom is -0.460 e. The highest BCUT2D eigenvalue weighted by atomic mass is 16.6. The van der Waals surface area contributed by atoms with Gasteiger partial charge in [-0.3, -0.25) is 4.79 Å². The van der Waals surface area contributed by atoms with E-state index in [1.165, 1.54) is 22.3 Å². The van der Waals surface area contributed by atoms with Gasteiger partial charge in [-0.25, -0.2) is 4.79 Å². The molecule has 0 spiro atoms. The van der Waals surface area contributed by atoms with Crippen molar-refractivity contribution in [2.45, 2.75) is 32.1 Å².